The van der Waals surface area contributed by atoms with Crippen molar-refractivity contribution < 1.29 is 0 Å². The molecule has 1 atom stereocenters. The van der Waals surface area contributed by atoms with Crippen molar-refractivity contribution in [3.05, 3.63) is 0 Å². The van der Waals surface area contributed by atoms with Crippen molar-refractivity contribution >= 4 is 0 Å². The Morgan fingerprint density at radius 1 is 1.33 bits per heavy atom. The van der Waals surface area contributed by atoms with Crippen LogP contribution in [0, 0.1) is 11.3 Å². The molecule has 0 aromatic heterocycles. The third kappa shape index (κ3) is 5.76. The lowest BCUT2D eigenvalue weighted by Gasteiger charge is -2.26. The van der Waals surface area contributed by atoms with Gasteiger partial charge in [0.1, 0.15) is 5.54 Å². The molecular formula is C12H25N3. The summed E-state index contributed by atoms with van der Waals surface area (Å²) in [6, 6.07) is 2.33. The van der Waals surface area contributed by atoms with Crippen LogP contribution in [0.2, 0.25) is 0 Å². The smallest absolute Gasteiger partial charge is 0.104 e. The summed E-state index contributed by atoms with van der Waals surface area (Å²) in [5, 5.41) is 12.1. The Labute approximate surface area is 94.5 Å². The van der Waals surface area contributed by atoms with E-state index in [1.165, 1.54) is 12.8 Å². The van der Waals surface area contributed by atoms with Gasteiger partial charge in [0, 0.05) is 6.54 Å². The van der Waals surface area contributed by atoms with E-state index in [-0.39, 0.29) is 5.54 Å². The molecule has 88 valence electrons. The predicted molar refractivity (Wildman–Crippen MR) is 64.7 cm³/mol. The zero-order valence-corrected chi connectivity index (χ0v) is 10.6. The molecule has 3 nitrogen and oxygen atoms in total. The van der Waals surface area contributed by atoms with E-state index in [2.05, 4.69) is 30.1 Å². The van der Waals surface area contributed by atoms with E-state index in [0.29, 0.717) is 0 Å². The van der Waals surface area contributed by atoms with Gasteiger partial charge in [-0.05, 0) is 39.9 Å². The number of hydrogen-bond donors (Lipinski definition) is 1. The van der Waals surface area contributed by atoms with Gasteiger partial charge >= 0.3 is 0 Å². The summed E-state index contributed by atoms with van der Waals surface area (Å²) in [6.07, 6.45) is 3.37. The molecule has 3 heteroatoms. The molecule has 0 saturated heterocycles. The number of unbranched alkanes of at least 4 members (excludes halogenated alkanes) is 1. The molecule has 1 unspecified atom stereocenters. The Morgan fingerprint density at radius 3 is 2.40 bits per heavy atom. The number of hydrogen-bond acceptors (Lipinski definition) is 3. The van der Waals surface area contributed by atoms with Gasteiger partial charge in [0.05, 0.1) is 6.07 Å². The van der Waals surface area contributed by atoms with Crippen LogP contribution in [0.5, 0.6) is 0 Å². The lowest BCUT2D eigenvalue weighted by Crippen LogP contribution is -2.41. The second-order valence-corrected chi connectivity index (χ2v) is 4.23. The fourth-order valence-electron chi connectivity index (χ4n) is 1.43. The second-order valence-electron chi connectivity index (χ2n) is 4.23. The average molecular weight is 211 g/mol. The van der Waals surface area contributed by atoms with Crippen molar-refractivity contribution in [1.29, 1.82) is 5.26 Å². The summed E-state index contributed by atoms with van der Waals surface area (Å²) in [7, 11) is 1.85. The first-order valence-electron chi connectivity index (χ1n) is 5.94. The predicted octanol–water partition coefficient (Wildman–Crippen LogP) is 2.00. The lowest BCUT2D eigenvalue weighted by atomic mass is 10.00. The van der Waals surface area contributed by atoms with Crippen LogP contribution in [-0.2, 0) is 0 Å². The molecule has 0 aliphatic carbocycles. The molecule has 0 spiro atoms. The lowest BCUT2D eigenvalue weighted by molar-refractivity contribution is 0.255. The molecule has 0 radical (unpaired) electrons. The van der Waals surface area contributed by atoms with Crippen LogP contribution >= 0.6 is 0 Å². The Bertz CT molecular complexity index is 198. The van der Waals surface area contributed by atoms with Gasteiger partial charge in [-0.1, -0.05) is 20.3 Å². The van der Waals surface area contributed by atoms with E-state index >= 15 is 0 Å². The van der Waals surface area contributed by atoms with Crippen LogP contribution < -0.4 is 5.32 Å². The highest BCUT2D eigenvalue weighted by Crippen LogP contribution is 2.09. The van der Waals surface area contributed by atoms with Crippen molar-refractivity contribution in [1.82, 2.24) is 10.2 Å². The number of rotatable bonds is 8. The van der Waals surface area contributed by atoms with Gasteiger partial charge in [-0.25, -0.2) is 0 Å². The van der Waals surface area contributed by atoms with E-state index in [4.69, 9.17) is 5.26 Å². The second kappa shape index (κ2) is 7.67. The molecule has 0 rings (SSSR count). The quantitative estimate of drug-likeness (QED) is 0.667. The highest BCUT2D eigenvalue weighted by atomic mass is 15.1. The fraction of sp³-hybridized carbons (Fsp3) is 0.917. The number of nitrogens with one attached hydrogen (secondary N) is 1. The van der Waals surface area contributed by atoms with Gasteiger partial charge in [-0.2, -0.15) is 5.26 Å². The van der Waals surface area contributed by atoms with Crippen LogP contribution in [0.3, 0.4) is 0 Å². The normalized spacial score (nSPS) is 14.9. The van der Waals surface area contributed by atoms with Crippen molar-refractivity contribution in [3.8, 4) is 6.07 Å². The first-order chi connectivity index (χ1) is 7.11. The molecule has 0 bridgehead atoms. The Balaban J connectivity index is 3.94. The number of nitriles is 1. The standard InChI is InChI=1S/C12H25N3/c1-5-7-9-15(6-2)10-8-12(3,11-13)14-4/h14H,5-10H2,1-4H3. The molecular weight excluding hydrogens is 186 g/mol. The Hall–Kier alpha value is -0.590. The van der Waals surface area contributed by atoms with E-state index in [1.807, 2.05) is 14.0 Å². The van der Waals surface area contributed by atoms with Crippen LogP contribution in [0.25, 0.3) is 0 Å². The van der Waals surface area contributed by atoms with Crippen LogP contribution in [0.1, 0.15) is 40.0 Å². The highest BCUT2D eigenvalue weighted by molar-refractivity contribution is 5.03. The maximum atomic E-state index is 9.02. The van der Waals surface area contributed by atoms with Crippen LogP contribution in [-0.4, -0.2) is 37.1 Å². The molecule has 0 heterocycles. The first kappa shape index (κ1) is 14.4. The van der Waals surface area contributed by atoms with E-state index in [0.717, 1.165) is 26.1 Å². The minimum Gasteiger partial charge on any atom is -0.304 e. The third-order valence-electron chi connectivity index (χ3n) is 3.00. The first-order valence-corrected chi connectivity index (χ1v) is 5.94. The SMILES string of the molecule is CCCCN(CC)CCC(C)(C#N)NC. The molecule has 0 aliphatic rings. The monoisotopic (exact) mass is 211 g/mol. The molecule has 0 aliphatic heterocycles. The van der Waals surface area contributed by atoms with Gasteiger partial charge in [-0.3, -0.25) is 0 Å². The molecule has 0 fully saturated rings. The zero-order chi connectivity index (χ0) is 11.7. The maximum Gasteiger partial charge on any atom is 0.104 e. The average Bonchev–Trinajstić information content (AvgIpc) is 2.29. The van der Waals surface area contributed by atoms with Gasteiger partial charge in [0.25, 0.3) is 0 Å². The summed E-state index contributed by atoms with van der Waals surface area (Å²) in [6.45, 7) is 9.57. The van der Waals surface area contributed by atoms with E-state index < -0.39 is 0 Å². The summed E-state index contributed by atoms with van der Waals surface area (Å²) in [4.78, 5) is 2.41. The summed E-state index contributed by atoms with van der Waals surface area (Å²) in [5.74, 6) is 0. The number of nitrogens with zero attached hydrogens (tertiary/aromatic N) is 2. The molecule has 0 saturated carbocycles. The van der Waals surface area contributed by atoms with Crippen molar-refractivity contribution in [2.45, 2.75) is 45.6 Å². The Morgan fingerprint density at radius 2 is 2.00 bits per heavy atom. The molecule has 0 aromatic rings. The van der Waals surface area contributed by atoms with Gasteiger partial charge in [0.2, 0.25) is 0 Å². The third-order valence-corrected chi connectivity index (χ3v) is 3.00. The van der Waals surface area contributed by atoms with Crippen molar-refractivity contribution in [2.75, 3.05) is 26.7 Å². The van der Waals surface area contributed by atoms with Gasteiger partial charge < -0.3 is 10.2 Å². The molecule has 1 N–H and O–H groups in total. The topological polar surface area (TPSA) is 39.1 Å². The summed E-state index contributed by atoms with van der Waals surface area (Å²) in [5.41, 5.74) is -0.375. The minimum atomic E-state index is -0.375. The van der Waals surface area contributed by atoms with Crippen LogP contribution in [0.4, 0.5) is 0 Å². The van der Waals surface area contributed by atoms with E-state index in [1.54, 1.807) is 0 Å². The fourth-order valence-corrected chi connectivity index (χ4v) is 1.43. The van der Waals surface area contributed by atoms with Crippen molar-refractivity contribution in [2.24, 2.45) is 0 Å². The van der Waals surface area contributed by atoms with E-state index in [9.17, 15) is 0 Å². The van der Waals surface area contributed by atoms with Gasteiger partial charge in [-0.15, -0.1) is 0 Å². The van der Waals surface area contributed by atoms with Gasteiger partial charge in [0.15, 0.2) is 0 Å². The zero-order valence-electron chi connectivity index (χ0n) is 10.6. The largest absolute Gasteiger partial charge is 0.304 e. The maximum absolute atomic E-state index is 9.02. The Kier molecular flexibility index (Phi) is 7.37. The van der Waals surface area contributed by atoms with Crippen molar-refractivity contribution in [3.63, 3.8) is 0 Å². The molecule has 0 aromatic carbocycles. The molecule has 0 amide bonds. The van der Waals surface area contributed by atoms with Crippen LogP contribution in [0.15, 0.2) is 0 Å². The minimum absolute atomic E-state index is 0.375. The highest BCUT2D eigenvalue weighted by Gasteiger charge is 2.21. The summed E-state index contributed by atoms with van der Waals surface area (Å²) >= 11 is 0. The molecule has 15 heavy (non-hydrogen) atoms. The summed E-state index contributed by atoms with van der Waals surface area (Å²) < 4.78 is 0.